The highest BCUT2D eigenvalue weighted by Gasteiger charge is 2.29. The highest BCUT2D eigenvalue weighted by Crippen LogP contribution is 2.28. The Morgan fingerprint density at radius 2 is 2.07 bits per heavy atom. The van der Waals surface area contributed by atoms with Crippen molar-refractivity contribution in [1.29, 1.82) is 0 Å². The summed E-state index contributed by atoms with van der Waals surface area (Å²) in [6.45, 7) is 9.83. The quantitative estimate of drug-likeness (QED) is 0.646. The molecule has 0 amide bonds. The van der Waals surface area contributed by atoms with Crippen molar-refractivity contribution in [3.05, 3.63) is 54.6 Å². The third-order valence-electron chi connectivity index (χ3n) is 5.85. The average molecular weight is 368 g/mol. The number of aromatic nitrogens is 2. The van der Waals surface area contributed by atoms with Crippen LogP contribution in [0.1, 0.15) is 44.7 Å². The smallest absolute Gasteiger partial charge is 0.193 e. The maximum atomic E-state index is 4.58. The normalized spacial score (nSPS) is 22.1. The summed E-state index contributed by atoms with van der Waals surface area (Å²) >= 11 is 0. The van der Waals surface area contributed by atoms with Gasteiger partial charge in [0.1, 0.15) is 0 Å². The zero-order valence-electron chi connectivity index (χ0n) is 17.0. The van der Waals surface area contributed by atoms with Crippen LogP contribution in [-0.4, -0.2) is 47.1 Å². The number of hydrogen-bond acceptors (Lipinski definition) is 2. The van der Waals surface area contributed by atoms with Gasteiger partial charge in [-0.05, 0) is 23.8 Å². The van der Waals surface area contributed by atoms with Gasteiger partial charge in [0, 0.05) is 45.0 Å². The first-order valence-corrected chi connectivity index (χ1v) is 10.1. The van der Waals surface area contributed by atoms with E-state index in [0.717, 1.165) is 32.0 Å². The molecule has 1 saturated heterocycles. The number of hydrogen-bond donors (Lipinski definition) is 1. The van der Waals surface area contributed by atoms with Crippen LogP contribution in [0.25, 0.3) is 0 Å². The molecule has 27 heavy (non-hydrogen) atoms. The summed E-state index contributed by atoms with van der Waals surface area (Å²) in [5.74, 6) is 2.68. The summed E-state index contributed by atoms with van der Waals surface area (Å²) in [5, 5.41) is 3.65. The first kappa shape index (κ1) is 19.5. The van der Waals surface area contributed by atoms with Crippen LogP contribution in [0.15, 0.2) is 54.0 Å². The molecule has 2 heterocycles. The van der Waals surface area contributed by atoms with E-state index in [2.05, 4.69) is 82.1 Å². The van der Waals surface area contributed by atoms with E-state index in [1.807, 2.05) is 19.6 Å². The molecule has 1 aliphatic heterocycles. The lowest BCUT2D eigenvalue weighted by atomic mass is 9.88. The fraction of sp³-hybridized carbons (Fsp3) is 0.545. The summed E-state index contributed by atoms with van der Waals surface area (Å²) in [6.07, 6.45) is 7.04. The molecular weight excluding hydrogens is 334 g/mol. The van der Waals surface area contributed by atoms with E-state index in [1.54, 1.807) is 0 Å². The van der Waals surface area contributed by atoms with Crippen LogP contribution < -0.4 is 5.32 Å². The molecule has 3 rings (SSSR count). The zero-order valence-corrected chi connectivity index (χ0v) is 17.0. The molecule has 146 valence electrons. The van der Waals surface area contributed by atoms with Crippen LogP contribution in [-0.2, 0) is 0 Å². The molecule has 0 spiro atoms. The number of benzene rings is 1. The first-order valence-electron chi connectivity index (χ1n) is 10.1. The molecule has 3 unspecified atom stereocenters. The zero-order chi connectivity index (χ0) is 19.2. The number of nitrogens with one attached hydrogen (secondary N) is 1. The Morgan fingerprint density at radius 1 is 1.30 bits per heavy atom. The monoisotopic (exact) mass is 367 g/mol. The third-order valence-corrected chi connectivity index (χ3v) is 5.85. The van der Waals surface area contributed by atoms with Gasteiger partial charge in [-0.3, -0.25) is 4.99 Å². The van der Waals surface area contributed by atoms with Gasteiger partial charge >= 0.3 is 0 Å². The second kappa shape index (κ2) is 9.07. The van der Waals surface area contributed by atoms with Crippen LogP contribution in [0.4, 0.5) is 0 Å². The minimum Gasteiger partial charge on any atom is -0.356 e. The van der Waals surface area contributed by atoms with Gasteiger partial charge in [0.15, 0.2) is 5.96 Å². The van der Waals surface area contributed by atoms with Crippen molar-refractivity contribution in [2.75, 3.05) is 26.7 Å². The summed E-state index contributed by atoms with van der Waals surface area (Å²) in [6, 6.07) is 11.2. The molecule has 5 heteroatoms. The number of aliphatic imine (C=N–C) groups is 1. The average Bonchev–Trinajstić information content (AvgIpc) is 3.21. The second-order valence-electron chi connectivity index (χ2n) is 7.98. The lowest BCUT2D eigenvalue weighted by Crippen LogP contribution is -2.49. The Kier molecular flexibility index (Phi) is 6.54. The van der Waals surface area contributed by atoms with Crippen LogP contribution in [0.2, 0.25) is 0 Å². The van der Waals surface area contributed by atoms with Gasteiger partial charge in [-0.15, -0.1) is 0 Å². The van der Waals surface area contributed by atoms with Gasteiger partial charge in [0.25, 0.3) is 0 Å². The Hall–Kier alpha value is -2.30. The van der Waals surface area contributed by atoms with E-state index >= 15 is 0 Å². The Labute approximate surface area is 163 Å². The molecule has 1 aromatic heterocycles. The van der Waals surface area contributed by atoms with Crippen LogP contribution in [0, 0.1) is 11.8 Å². The number of rotatable bonds is 5. The molecule has 0 bridgehead atoms. The van der Waals surface area contributed by atoms with Crippen molar-refractivity contribution >= 4 is 5.96 Å². The molecule has 1 aromatic carbocycles. The molecular formula is C22H33N5. The molecule has 1 N–H and O–H groups in total. The van der Waals surface area contributed by atoms with Crippen molar-refractivity contribution < 1.29 is 0 Å². The summed E-state index contributed by atoms with van der Waals surface area (Å²) < 4.78 is 2.24. The Balaban J connectivity index is 1.66. The molecule has 2 aromatic rings. The van der Waals surface area contributed by atoms with E-state index < -0.39 is 0 Å². The molecule has 0 saturated carbocycles. The van der Waals surface area contributed by atoms with Crippen molar-refractivity contribution in [2.45, 2.75) is 39.2 Å². The van der Waals surface area contributed by atoms with E-state index in [-0.39, 0.29) is 0 Å². The van der Waals surface area contributed by atoms with Gasteiger partial charge in [-0.2, -0.15) is 0 Å². The van der Waals surface area contributed by atoms with Gasteiger partial charge in [0.05, 0.1) is 12.4 Å². The highest BCUT2D eigenvalue weighted by molar-refractivity contribution is 5.80. The van der Waals surface area contributed by atoms with Crippen molar-refractivity contribution in [2.24, 2.45) is 16.8 Å². The van der Waals surface area contributed by atoms with E-state index in [9.17, 15) is 0 Å². The van der Waals surface area contributed by atoms with Crippen LogP contribution in [0.5, 0.6) is 0 Å². The van der Waals surface area contributed by atoms with Gasteiger partial charge in [-0.1, -0.05) is 51.1 Å². The maximum Gasteiger partial charge on any atom is 0.193 e. The maximum absolute atomic E-state index is 4.58. The van der Waals surface area contributed by atoms with Gasteiger partial charge < -0.3 is 14.8 Å². The third kappa shape index (κ3) is 4.71. The van der Waals surface area contributed by atoms with E-state index in [0.29, 0.717) is 23.8 Å². The summed E-state index contributed by atoms with van der Waals surface area (Å²) in [7, 11) is 1.89. The first-order chi connectivity index (χ1) is 13.1. The molecule has 1 fully saturated rings. The SMILES string of the molecule is CN=C(NCC(c1ccccc1)C(C)C)N1CCC(C)C(n2ccnc2)C1. The lowest BCUT2D eigenvalue weighted by molar-refractivity contribution is 0.188. The minimum atomic E-state index is 0.440. The fourth-order valence-electron chi connectivity index (χ4n) is 4.07. The number of nitrogens with zero attached hydrogens (tertiary/aromatic N) is 4. The molecule has 3 atom stereocenters. The van der Waals surface area contributed by atoms with E-state index in [4.69, 9.17) is 0 Å². The number of likely N-dealkylation sites (tertiary alicyclic amines) is 1. The van der Waals surface area contributed by atoms with Crippen molar-refractivity contribution in [1.82, 2.24) is 19.8 Å². The second-order valence-corrected chi connectivity index (χ2v) is 7.98. The number of piperidine rings is 1. The predicted octanol–water partition coefficient (Wildman–Crippen LogP) is 3.78. The predicted molar refractivity (Wildman–Crippen MR) is 112 cm³/mol. The largest absolute Gasteiger partial charge is 0.356 e. The van der Waals surface area contributed by atoms with Crippen LogP contribution in [0.3, 0.4) is 0 Å². The van der Waals surface area contributed by atoms with Gasteiger partial charge in [0.2, 0.25) is 0 Å². The molecule has 0 aliphatic carbocycles. The minimum absolute atomic E-state index is 0.440. The fourth-order valence-corrected chi connectivity index (χ4v) is 4.07. The van der Waals surface area contributed by atoms with Gasteiger partial charge in [-0.25, -0.2) is 4.98 Å². The molecule has 5 nitrogen and oxygen atoms in total. The molecule has 0 radical (unpaired) electrons. The number of imidazole rings is 1. The molecule has 1 aliphatic rings. The Bertz CT molecular complexity index is 708. The summed E-state index contributed by atoms with van der Waals surface area (Å²) in [4.78, 5) is 11.2. The van der Waals surface area contributed by atoms with Crippen molar-refractivity contribution in [3.8, 4) is 0 Å². The summed E-state index contributed by atoms with van der Waals surface area (Å²) in [5.41, 5.74) is 1.39. The van der Waals surface area contributed by atoms with Crippen molar-refractivity contribution in [3.63, 3.8) is 0 Å². The number of guanidine groups is 1. The standard InChI is InChI=1S/C22H33N5/c1-17(2)20(19-8-6-5-7-9-19)14-25-22(23-4)26-12-10-18(3)21(15-26)27-13-11-24-16-27/h5-9,11,13,16-18,20-21H,10,12,14-15H2,1-4H3,(H,23,25). The topological polar surface area (TPSA) is 45.5 Å². The lowest BCUT2D eigenvalue weighted by Gasteiger charge is -2.39. The highest BCUT2D eigenvalue weighted by atomic mass is 15.3. The van der Waals surface area contributed by atoms with E-state index in [1.165, 1.54) is 5.56 Å². The van der Waals surface area contributed by atoms with Crippen LogP contribution >= 0.6 is 0 Å². The Morgan fingerprint density at radius 3 is 2.70 bits per heavy atom.